The molecular formula is C16H14N2O3. The Morgan fingerprint density at radius 3 is 2.48 bits per heavy atom. The minimum absolute atomic E-state index is 0.0282. The van der Waals surface area contributed by atoms with Crippen LogP contribution in [0.5, 0.6) is 0 Å². The number of aliphatic imine (C=N–C) groups is 1. The lowest BCUT2D eigenvalue weighted by atomic mass is 10.1. The van der Waals surface area contributed by atoms with Gasteiger partial charge in [0, 0.05) is 5.56 Å². The van der Waals surface area contributed by atoms with Crippen molar-refractivity contribution in [3.63, 3.8) is 0 Å². The number of nitrogens with one attached hydrogen (secondary N) is 1. The number of hydrogen-bond donors (Lipinski definition) is 2. The molecule has 0 bridgehead atoms. The van der Waals surface area contributed by atoms with Crippen molar-refractivity contribution >= 4 is 24.3 Å². The highest BCUT2D eigenvalue weighted by Gasteiger charge is 2.14. The van der Waals surface area contributed by atoms with Crippen molar-refractivity contribution in [3.05, 3.63) is 65.2 Å². The second kappa shape index (κ2) is 6.47. The molecule has 0 heterocycles. The second-order valence-corrected chi connectivity index (χ2v) is 4.39. The number of amides is 1. The zero-order chi connectivity index (χ0) is 15.2. The zero-order valence-electron chi connectivity index (χ0n) is 11.2. The molecular weight excluding hydrogens is 268 g/mol. The summed E-state index contributed by atoms with van der Waals surface area (Å²) in [5.74, 6) is -1.46. The molecule has 0 saturated carbocycles. The summed E-state index contributed by atoms with van der Waals surface area (Å²) in [5, 5.41) is 11.9. The maximum Gasteiger partial charge on any atom is 0.337 e. The van der Waals surface area contributed by atoms with Crippen LogP contribution in [0.1, 0.15) is 26.3 Å². The number of aromatic carboxylic acids is 1. The van der Waals surface area contributed by atoms with E-state index >= 15 is 0 Å². The minimum Gasteiger partial charge on any atom is -0.478 e. The van der Waals surface area contributed by atoms with Gasteiger partial charge in [0.15, 0.2) is 0 Å². The first kappa shape index (κ1) is 14.5. The van der Waals surface area contributed by atoms with Gasteiger partial charge < -0.3 is 10.4 Å². The van der Waals surface area contributed by atoms with Gasteiger partial charge in [0.05, 0.1) is 17.8 Å². The van der Waals surface area contributed by atoms with Crippen LogP contribution in [0, 0.1) is 0 Å². The van der Waals surface area contributed by atoms with E-state index in [1.165, 1.54) is 6.07 Å². The first-order valence-electron chi connectivity index (χ1n) is 6.27. The number of carbonyl (C=O) groups excluding carboxylic acids is 1. The van der Waals surface area contributed by atoms with Crippen LogP contribution >= 0.6 is 0 Å². The van der Waals surface area contributed by atoms with Crippen molar-refractivity contribution in [3.8, 4) is 0 Å². The number of hydrogen-bond acceptors (Lipinski definition) is 3. The van der Waals surface area contributed by atoms with Gasteiger partial charge in [-0.05, 0) is 36.5 Å². The predicted molar refractivity (Wildman–Crippen MR) is 81.0 cm³/mol. The van der Waals surface area contributed by atoms with Crippen LogP contribution in [-0.4, -0.2) is 23.7 Å². The van der Waals surface area contributed by atoms with Crippen molar-refractivity contribution < 1.29 is 14.7 Å². The highest BCUT2D eigenvalue weighted by molar-refractivity contribution is 6.07. The molecule has 0 saturated heterocycles. The van der Waals surface area contributed by atoms with Crippen LogP contribution in [0.4, 0.5) is 5.69 Å². The number of anilines is 1. The molecule has 2 aromatic rings. The van der Waals surface area contributed by atoms with Crippen LogP contribution in [0.15, 0.2) is 53.5 Å². The Kier molecular flexibility index (Phi) is 4.46. The fourth-order valence-electron chi connectivity index (χ4n) is 1.89. The normalized spacial score (nSPS) is 9.90. The van der Waals surface area contributed by atoms with Crippen molar-refractivity contribution in [2.75, 3.05) is 5.32 Å². The summed E-state index contributed by atoms with van der Waals surface area (Å²) in [6.45, 7) is 3.70. The van der Waals surface area contributed by atoms with Crippen LogP contribution in [0.3, 0.4) is 0 Å². The van der Waals surface area contributed by atoms with Crippen molar-refractivity contribution in [2.45, 2.75) is 6.54 Å². The molecule has 1 amide bonds. The number of benzene rings is 2. The van der Waals surface area contributed by atoms with Gasteiger partial charge in [-0.2, -0.15) is 0 Å². The maximum absolute atomic E-state index is 12.1. The molecule has 0 aliphatic carbocycles. The summed E-state index contributed by atoms with van der Waals surface area (Å²) in [5.41, 5.74) is 1.47. The Balaban J connectivity index is 2.29. The fraction of sp³-hybridized carbons (Fsp3) is 0.0625. The third-order valence-electron chi connectivity index (χ3n) is 2.89. The molecule has 21 heavy (non-hydrogen) atoms. The van der Waals surface area contributed by atoms with Gasteiger partial charge in [0.25, 0.3) is 5.91 Å². The Hall–Kier alpha value is -2.95. The molecule has 0 radical (unpaired) electrons. The molecule has 0 aliphatic rings. The number of carboxylic acids is 1. The Labute approximate surface area is 122 Å². The van der Waals surface area contributed by atoms with E-state index in [1.807, 2.05) is 0 Å². The quantitative estimate of drug-likeness (QED) is 0.828. The average molecular weight is 282 g/mol. The van der Waals surface area contributed by atoms with Crippen LogP contribution in [-0.2, 0) is 6.54 Å². The molecule has 5 heteroatoms. The van der Waals surface area contributed by atoms with Gasteiger partial charge in [-0.25, -0.2) is 4.79 Å². The van der Waals surface area contributed by atoms with Crippen LogP contribution in [0.25, 0.3) is 0 Å². The van der Waals surface area contributed by atoms with Crippen LogP contribution in [0.2, 0.25) is 0 Å². The van der Waals surface area contributed by atoms with E-state index < -0.39 is 5.97 Å². The van der Waals surface area contributed by atoms with E-state index in [9.17, 15) is 14.7 Å². The summed E-state index contributed by atoms with van der Waals surface area (Å²) in [6.07, 6.45) is 0. The fourth-order valence-corrected chi connectivity index (χ4v) is 1.89. The van der Waals surface area contributed by atoms with Gasteiger partial charge in [-0.15, -0.1) is 0 Å². The topological polar surface area (TPSA) is 78.8 Å². The molecule has 2 rings (SSSR count). The molecule has 5 nitrogen and oxygen atoms in total. The monoisotopic (exact) mass is 282 g/mol. The van der Waals surface area contributed by atoms with E-state index in [0.29, 0.717) is 12.1 Å². The highest BCUT2D eigenvalue weighted by atomic mass is 16.4. The molecule has 0 aromatic heterocycles. The average Bonchev–Trinajstić information content (AvgIpc) is 2.49. The number of carbonyl (C=O) groups is 2. The van der Waals surface area contributed by atoms with Crippen molar-refractivity contribution in [2.24, 2.45) is 4.99 Å². The van der Waals surface area contributed by atoms with E-state index in [4.69, 9.17) is 0 Å². The summed E-state index contributed by atoms with van der Waals surface area (Å²) < 4.78 is 0. The van der Waals surface area contributed by atoms with Gasteiger partial charge in [-0.3, -0.25) is 9.79 Å². The summed E-state index contributed by atoms with van der Waals surface area (Å²) >= 11 is 0. The van der Waals surface area contributed by atoms with Crippen molar-refractivity contribution in [1.82, 2.24) is 0 Å². The molecule has 0 aliphatic heterocycles. The molecule has 2 N–H and O–H groups in total. The zero-order valence-corrected chi connectivity index (χ0v) is 11.2. The largest absolute Gasteiger partial charge is 0.478 e. The summed E-state index contributed by atoms with van der Waals surface area (Å²) in [7, 11) is 0. The molecule has 106 valence electrons. The van der Waals surface area contributed by atoms with Gasteiger partial charge in [0.2, 0.25) is 0 Å². The lowest BCUT2D eigenvalue weighted by Crippen LogP contribution is -2.15. The van der Waals surface area contributed by atoms with Crippen molar-refractivity contribution in [1.29, 1.82) is 0 Å². The van der Waals surface area contributed by atoms with Crippen LogP contribution < -0.4 is 5.32 Å². The van der Waals surface area contributed by atoms with Gasteiger partial charge >= 0.3 is 5.97 Å². The Morgan fingerprint density at radius 1 is 1.14 bits per heavy atom. The maximum atomic E-state index is 12.1. The van der Waals surface area contributed by atoms with E-state index in [-0.39, 0.29) is 17.2 Å². The molecule has 2 aromatic carbocycles. The Bertz CT molecular complexity index is 681. The number of rotatable bonds is 5. The number of carboxylic acid groups (broad SMARTS) is 1. The molecule has 0 fully saturated rings. The third-order valence-corrected chi connectivity index (χ3v) is 2.89. The Morgan fingerprint density at radius 2 is 1.86 bits per heavy atom. The molecule has 0 spiro atoms. The first-order valence-corrected chi connectivity index (χ1v) is 6.27. The van der Waals surface area contributed by atoms with Gasteiger partial charge in [0.1, 0.15) is 0 Å². The first-order chi connectivity index (χ1) is 10.1. The highest BCUT2D eigenvalue weighted by Crippen LogP contribution is 2.19. The predicted octanol–water partition coefficient (Wildman–Crippen LogP) is 2.84. The summed E-state index contributed by atoms with van der Waals surface area (Å²) in [6, 6.07) is 13.4. The van der Waals surface area contributed by atoms with Gasteiger partial charge in [-0.1, -0.05) is 24.3 Å². The SMILES string of the molecule is C=NCc1ccc(NC(=O)c2ccccc2)c(C(=O)O)c1. The third kappa shape index (κ3) is 3.54. The summed E-state index contributed by atoms with van der Waals surface area (Å²) in [4.78, 5) is 27.1. The lowest BCUT2D eigenvalue weighted by Gasteiger charge is -2.10. The smallest absolute Gasteiger partial charge is 0.337 e. The molecule has 0 atom stereocenters. The number of nitrogens with zero attached hydrogens (tertiary/aromatic N) is 1. The lowest BCUT2D eigenvalue weighted by molar-refractivity contribution is 0.0698. The van der Waals surface area contributed by atoms with E-state index in [2.05, 4.69) is 17.0 Å². The van der Waals surface area contributed by atoms with E-state index in [1.54, 1.807) is 42.5 Å². The minimum atomic E-state index is -1.11. The molecule has 0 unspecified atom stereocenters. The van der Waals surface area contributed by atoms with E-state index in [0.717, 1.165) is 5.56 Å². The second-order valence-electron chi connectivity index (χ2n) is 4.39. The standard InChI is InChI=1S/C16H14N2O3/c1-17-10-11-7-8-14(13(9-11)16(20)21)18-15(19)12-5-3-2-4-6-12/h2-9H,1,10H2,(H,18,19)(H,20,21).